The van der Waals surface area contributed by atoms with Gasteiger partial charge in [-0.05, 0) is 49.6 Å². The first-order valence-electron chi connectivity index (χ1n) is 9.88. The molecule has 160 valence electrons. The molecule has 3 N–H and O–H groups in total. The fourth-order valence-corrected chi connectivity index (χ4v) is 9.25. The van der Waals surface area contributed by atoms with E-state index in [-0.39, 0.29) is 17.2 Å². The van der Waals surface area contributed by atoms with E-state index in [2.05, 4.69) is 45.7 Å². The van der Waals surface area contributed by atoms with Crippen molar-refractivity contribution in [1.82, 2.24) is 0 Å². The molecule has 4 aromatic carbocycles. The molecule has 0 radical (unpaired) electrons. The third kappa shape index (κ3) is 3.45. The molecule has 0 saturated carbocycles. The SMILES string of the molecule is CC[P+](CC)(c1cc(O)c([O-])c2ccc(Br)cc12)c1cc(O)c(O)c2ccc(Br)cc12. The van der Waals surface area contributed by atoms with Crippen LogP contribution in [-0.2, 0) is 0 Å². The summed E-state index contributed by atoms with van der Waals surface area (Å²) in [4.78, 5) is 0. The van der Waals surface area contributed by atoms with Gasteiger partial charge < -0.3 is 20.4 Å². The van der Waals surface area contributed by atoms with Gasteiger partial charge in [0, 0.05) is 37.2 Å². The molecule has 7 heteroatoms. The summed E-state index contributed by atoms with van der Waals surface area (Å²) in [7, 11) is -2.20. The Hall–Kier alpha value is -2.01. The number of fused-ring (bicyclic) bond motifs is 2. The van der Waals surface area contributed by atoms with Crippen LogP contribution in [0.1, 0.15) is 13.8 Å². The monoisotopic (exact) mass is 562 g/mol. The predicted octanol–water partition coefficient (Wildman–Crippen LogP) is 5.72. The Morgan fingerprint density at radius 1 is 0.710 bits per heavy atom. The van der Waals surface area contributed by atoms with Crippen LogP contribution in [0.2, 0.25) is 0 Å². The summed E-state index contributed by atoms with van der Waals surface area (Å²) < 4.78 is 1.71. The molecule has 4 nitrogen and oxygen atoms in total. The number of aromatic hydroxyl groups is 3. The predicted molar refractivity (Wildman–Crippen MR) is 135 cm³/mol. The second kappa shape index (κ2) is 8.16. The van der Waals surface area contributed by atoms with Crippen LogP contribution in [0.3, 0.4) is 0 Å². The van der Waals surface area contributed by atoms with Crippen LogP contribution in [0.25, 0.3) is 21.5 Å². The highest BCUT2D eigenvalue weighted by Crippen LogP contribution is 2.60. The van der Waals surface area contributed by atoms with Crippen molar-refractivity contribution in [3.63, 3.8) is 0 Å². The van der Waals surface area contributed by atoms with Gasteiger partial charge in [-0.25, -0.2) is 0 Å². The molecule has 0 amide bonds. The van der Waals surface area contributed by atoms with Crippen LogP contribution in [-0.4, -0.2) is 27.6 Å². The Kier molecular flexibility index (Phi) is 5.84. The first-order chi connectivity index (χ1) is 14.7. The molecule has 0 aliphatic rings. The molecule has 0 aromatic heterocycles. The van der Waals surface area contributed by atoms with Gasteiger partial charge in [0.2, 0.25) is 0 Å². The zero-order valence-electron chi connectivity index (χ0n) is 17.0. The summed E-state index contributed by atoms with van der Waals surface area (Å²) in [5, 5.41) is 48.8. The van der Waals surface area contributed by atoms with Crippen molar-refractivity contribution < 1.29 is 20.4 Å². The van der Waals surface area contributed by atoms with Crippen molar-refractivity contribution in [3.8, 4) is 23.0 Å². The third-order valence-electron chi connectivity index (χ3n) is 6.04. The molecule has 0 unspecified atom stereocenters. The van der Waals surface area contributed by atoms with Crippen LogP contribution >= 0.6 is 39.1 Å². The lowest BCUT2D eigenvalue weighted by Gasteiger charge is -2.29. The Labute approximate surface area is 197 Å². The van der Waals surface area contributed by atoms with Gasteiger partial charge in [-0.1, -0.05) is 43.7 Å². The van der Waals surface area contributed by atoms with E-state index in [4.69, 9.17) is 0 Å². The van der Waals surface area contributed by atoms with E-state index >= 15 is 0 Å². The lowest BCUT2D eigenvalue weighted by Crippen LogP contribution is -2.27. The average Bonchev–Trinajstić information content (AvgIpc) is 2.75. The lowest BCUT2D eigenvalue weighted by atomic mass is 10.1. The maximum absolute atomic E-state index is 12.7. The minimum Gasteiger partial charge on any atom is -0.870 e. The van der Waals surface area contributed by atoms with E-state index in [0.717, 1.165) is 42.7 Å². The normalized spacial score (nSPS) is 12.0. The highest BCUT2D eigenvalue weighted by molar-refractivity contribution is 9.10. The van der Waals surface area contributed by atoms with E-state index in [1.807, 2.05) is 18.2 Å². The van der Waals surface area contributed by atoms with Crippen molar-refractivity contribution >= 4 is 71.3 Å². The summed E-state index contributed by atoms with van der Waals surface area (Å²) in [5.41, 5.74) is 0. The number of phenols is 3. The number of benzene rings is 4. The molecule has 31 heavy (non-hydrogen) atoms. The van der Waals surface area contributed by atoms with Gasteiger partial charge >= 0.3 is 0 Å². The van der Waals surface area contributed by atoms with Gasteiger partial charge in [0.15, 0.2) is 11.5 Å². The molecule has 4 rings (SSSR count). The van der Waals surface area contributed by atoms with Crippen molar-refractivity contribution in [2.24, 2.45) is 0 Å². The summed E-state index contributed by atoms with van der Waals surface area (Å²) in [5.74, 6) is -0.990. The van der Waals surface area contributed by atoms with Gasteiger partial charge in [0.1, 0.15) is 16.4 Å². The maximum Gasteiger partial charge on any atom is 0.165 e. The van der Waals surface area contributed by atoms with Gasteiger partial charge in [0.25, 0.3) is 0 Å². The number of rotatable bonds is 4. The smallest absolute Gasteiger partial charge is 0.165 e. The summed E-state index contributed by atoms with van der Waals surface area (Å²) >= 11 is 7.04. The maximum atomic E-state index is 12.7. The van der Waals surface area contributed by atoms with Crippen LogP contribution in [0, 0.1) is 0 Å². The quantitative estimate of drug-likeness (QED) is 0.219. The van der Waals surface area contributed by atoms with Gasteiger partial charge in [-0.2, -0.15) is 0 Å². The summed E-state index contributed by atoms with van der Waals surface area (Å²) in [6.45, 7) is 4.19. The molecule has 0 heterocycles. The van der Waals surface area contributed by atoms with Crippen LogP contribution < -0.4 is 15.7 Å². The number of phenolic OH excluding ortho intramolecular Hbond substituents is 3. The molecule has 0 spiro atoms. The Bertz CT molecular complexity index is 1230. The highest BCUT2D eigenvalue weighted by Gasteiger charge is 2.43. The van der Waals surface area contributed by atoms with Crippen LogP contribution in [0.15, 0.2) is 57.5 Å². The first-order valence-corrected chi connectivity index (χ1v) is 13.6. The van der Waals surface area contributed by atoms with Crippen molar-refractivity contribution in [1.29, 1.82) is 0 Å². The molecule has 0 bridgehead atoms. The van der Waals surface area contributed by atoms with Crippen LogP contribution in [0.5, 0.6) is 23.0 Å². The number of hydrogen-bond acceptors (Lipinski definition) is 4. The fourth-order valence-electron chi connectivity index (χ4n) is 4.43. The molecule has 0 fully saturated rings. The number of hydrogen-bond donors (Lipinski definition) is 3. The summed E-state index contributed by atoms with van der Waals surface area (Å²) in [6, 6.07) is 14.3. The standard InChI is InChI=1S/C24H21Br2O4P/c1-3-31(4-2,21-11-19(27)23(29)15-7-5-13(25)9-17(15)21)22-12-20(28)24(30)16-8-6-14(26)10-18(16)22/h5-12H,3-4H2,1-2H3,(H3-,27,28,29,30). The zero-order chi connectivity index (χ0) is 22.5. The molecule has 4 aromatic rings. The largest absolute Gasteiger partial charge is 0.870 e. The van der Waals surface area contributed by atoms with E-state index in [9.17, 15) is 20.4 Å². The topological polar surface area (TPSA) is 83.8 Å². The van der Waals surface area contributed by atoms with Gasteiger partial charge in [-0.3, -0.25) is 0 Å². The van der Waals surface area contributed by atoms with Crippen LogP contribution in [0.4, 0.5) is 0 Å². The first kappa shape index (κ1) is 22.2. The molecule has 0 aliphatic heterocycles. The average molecular weight is 564 g/mol. The fraction of sp³-hybridized carbons (Fsp3) is 0.167. The second-order valence-electron chi connectivity index (χ2n) is 7.49. The molecule has 0 saturated heterocycles. The zero-order valence-corrected chi connectivity index (χ0v) is 21.1. The Balaban J connectivity index is 2.20. The number of halogens is 2. The van der Waals surface area contributed by atoms with Gasteiger partial charge in [-0.15, -0.1) is 0 Å². The third-order valence-corrected chi connectivity index (χ3v) is 11.8. The van der Waals surface area contributed by atoms with Crippen molar-refractivity contribution in [2.45, 2.75) is 13.8 Å². The van der Waals surface area contributed by atoms with Crippen molar-refractivity contribution in [2.75, 3.05) is 12.3 Å². The van der Waals surface area contributed by atoms with E-state index in [1.165, 1.54) is 0 Å². The second-order valence-corrected chi connectivity index (χ2v) is 13.5. The van der Waals surface area contributed by atoms with Gasteiger partial charge in [0.05, 0.1) is 19.6 Å². The minimum atomic E-state index is -2.20. The molecular weight excluding hydrogens is 543 g/mol. The Morgan fingerprint density at radius 2 is 1.19 bits per heavy atom. The lowest BCUT2D eigenvalue weighted by molar-refractivity contribution is -0.267. The van der Waals surface area contributed by atoms with E-state index in [1.54, 1.807) is 30.3 Å². The Morgan fingerprint density at radius 3 is 1.74 bits per heavy atom. The van der Waals surface area contributed by atoms with Crippen molar-refractivity contribution in [3.05, 3.63) is 57.5 Å². The highest BCUT2D eigenvalue weighted by atomic mass is 79.9. The summed E-state index contributed by atoms with van der Waals surface area (Å²) in [6.07, 6.45) is 1.52. The molecule has 0 atom stereocenters. The minimum absolute atomic E-state index is 0.151. The molecular formula is C24H21Br2O4P. The van der Waals surface area contributed by atoms with E-state index in [0.29, 0.717) is 10.8 Å². The van der Waals surface area contributed by atoms with E-state index < -0.39 is 13.0 Å². The molecule has 0 aliphatic carbocycles.